The molecule has 0 N–H and O–H groups in total. The molecule has 1 aliphatic rings. The second-order valence-electron chi connectivity index (χ2n) is 6.31. The molecule has 2 aromatic carbocycles. The zero-order valence-electron chi connectivity index (χ0n) is 15.3. The number of amides is 1. The number of carbonyl (C=O) groups excluding carboxylic acids is 1. The summed E-state index contributed by atoms with van der Waals surface area (Å²) < 4.78 is 27.0. The summed E-state index contributed by atoms with van der Waals surface area (Å²) in [6.45, 7) is 0.806. The standard InChI is InChI=1S/C20H17Cl2N3O3S/c21-17-6-3-5-15(20(17)22)8-9-19(26)24-10-12-25(13-11-24)29(27,28)18-7-2-1-4-16(18)14-23/h1-9H,10-13H2. The predicted molar refractivity (Wildman–Crippen MR) is 112 cm³/mol. The van der Waals surface area contributed by atoms with Crippen LogP contribution < -0.4 is 0 Å². The Morgan fingerprint density at radius 1 is 1.03 bits per heavy atom. The minimum Gasteiger partial charge on any atom is -0.337 e. The number of benzene rings is 2. The number of carbonyl (C=O) groups is 1. The van der Waals surface area contributed by atoms with Crippen LogP contribution in [0.25, 0.3) is 6.08 Å². The van der Waals surface area contributed by atoms with Crippen LogP contribution in [0.3, 0.4) is 0 Å². The van der Waals surface area contributed by atoms with Gasteiger partial charge in [0, 0.05) is 32.3 Å². The Morgan fingerprint density at radius 2 is 1.72 bits per heavy atom. The summed E-state index contributed by atoms with van der Waals surface area (Å²) in [7, 11) is -3.80. The van der Waals surface area contributed by atoms with Crippen molar-refractivity contribution < 1.29 is 13.2 Å². The van der Waals surface area contributed by atoms with Crippen LogP contribution in [-0.2, 0) is 14.8 Å². The maximum atomic E-state index is 12.9. The van der Waals surface area contributed by atoms with Crippen molar-refractivity contribution in [3.05, 3.63) is 69.7 Å². The quantitative estimate of drug-likeness (QED) is 0.669. The van der Waals surface area contributed by atoms with Gasteiger partial charge in [-0.1, -0.05) is 47.5 Å². The van der Waals surface area contributed by atoms with Gasteiger partial charge in [-0.05, 0) is 29.8 Å². The first-order chi connectivity index (χ1) is 13.8. The highest BCUT2D eigenvalue weighted by Gasteiger charge is 2.31. The van der Waals surface area contributed by atoms with Gasteiger partial charge >= 0.3 is 0 Å². The minimum atomic E-state index is -3.80. The van der Waals surface area contributed by atoms with Gasteiger partial charge in [-0.2, -0.15) is 9.57 Å². The smallest absolute Gasteiger partial charge is 0.246 e. The van der Waals surface area contributed by atoms with E-state index in [1.165, 1.54) is 22.5 Å². The molecule has 0 bridgehead atoms. The summed E-state index contributed by atoms with van der Waals surface area (Å²) in [6, 6.07) is 13.1. The van der Waals surface area contributed by atoms with E-state index in [1.807, 2.05) is 6.07 Å². The van der Waals surface area contributed by atoms with Gasteiger partial charge in [0.05, 0.1) is 20.5 Å². The van der Waals surface area contributed by atoms with Gasteiger partial charge in [0.15, 0.2) is 0 Å². The predicted octanol–water partition coefficient (Wildman–Crippen LogP) is 3.41. The molecular weight excluding hydrogens is 433 g/mol. The average molecular weight is 450 g/mol. The van der Waals surface area contributed by atoms with Crippen LogP contribution in [0.1, 0.15) is 11.1 Å². The molecule has 29 heavy (non-hydrogen) atoms. The molecule has 1 heterocycles. The fourth-order valence-electron chi connectivity index (χ4n) is 2.99. The third-order valence-electron chi connectivity index (χ3n) is 4.56. The highest BCUT2D eigenvalue weighted by Crippen LogP contribution is 2.26. The molecule has 150 valence electrons. The monoisotopic (exact) mass is 449 g/mol. The summed E-state index contributed by atoms with van der Waals surface area (Å²) in [5.41, 5.74) is 0.731. The van der Waals surface area contributed by atoms with E-state index in [1.54, 1.807) is 41.3 Å². The lowest BCUT2D eigenvalue weighted by Crippen LogP contribution is -2.50. The molecule has 0 radical (unpaired) electrons. The Bertz CT molecular complexity index is 1100. The molecule has 9 heteroatoms. The lowest BCUT2D eigenvalue weighted by molar-refractivity contribution is -0.127. The normalized spacial score (nSPS) is 15.4. The maximum Gasteiger partial charge on any atom is 0.246 e. The summed E-state index contributed by atoms with van der Waals surface area (Å²) in [6.07, 6.45) is 2.98. The van der Waals surface area contributed by atoms with Gasteiger partial charge in [0.1, 0.15) is 6.07 Å². The third kappa shape index (κ3) is 4.62. The van der Waals surface area contributed by atoms with Crippen LogP contribution in [0.2, 0.25) is 10.0 Å². The number of piperazine rings is 1. The molecule has 3 rings (SSSR count). The van der Waals surface area contributed by atoms with E-state index in [0.29, 0.717) is 15.6 Å². The molecule has 0 atom stereocenters. The third-order valence-corrected chi connectivity index (χ3v) is 7.35. The van der Waals surface area contributed by atoms with Crippen molar-refractivity contribution in [2.24, 2.45) is 0 Å². The van der Waals surface area contributed by atoms with E-state index < -0.39 is 10.0 Å². The second kappa shape index (κ2) is 8.97. The van der Waals surface area contributed by atoms with Crippen LogP contribution >= 0.6 is 23.2 Å². The number of halogens is 2. The minimum absolute atomic E-state index is 0.0160. The molecule has 0 unspecified atom stereocenters. The number of nitrogens with zero attached hydrogens (tertiary/aromatic N) is 3. The summed E-state index contributed by atoms with van der Waals surface area (Å²) >= 11 is 12.1. The number of hydrogen-bond donors (Lipinski definition) is 0. The summed E-state index contributed by atoms with van der Waals surface area (Å²) in [4.78, 5) is 14.0. The van der Waals surface area contributed by atoms with Crippen molar-refractivity contribution in [1.82, 2.24) is 9.21 Å². The van der Waals surface area contributed by atoms with E-state index in [2.05, 4.69) is 0 Å². The Hall–Kier alpha value is -2.37. The molecule has 1 saturated heterocycles. The van der Waals surface area contributed by atoms with E-state index in [-0.39, 0.29) is 42.5 Å². The summed E-state index contributed by atoms with van der Waals surface area (Å²) in [5, 5.41) is 9.94. The largest absolute Gasteiger partial charge is 0.337 e. The fraction of sp³-hybridized carbons (Fsp3) is 0.200. The first-order valence-electron chi connectivity index (χ1n) is 8.75. The van der Waals surface area contributed by atoms with Crippen molar-refractivity contribution in [3.63, 3.8) is 0 Å². The fourth-order valence-corrected chi connectivity index (χ4v) is 4.92. The lowest BCUT2D eigenvalue weighted by atomic mass is 10.2. The first kappa shape index (κ1) is 21.3. The lowest BCUT2D eigenvalue weighted by Gasteiger charge is -2.33. The zero-order valence-corrected chi connectivity index (χ0v) is 17.6. The van der Waals surface area contributed by atoms with Crippen molar-refractivity contribution in [2.45, 2.75) is 4.90 Å². The van der Waals surface area contributed by atoms with Gasteiger partial charge in [-0.25, -0.2) is 8.42 Å². The number of hydrogen-bond acceptors (Lipinski definition) is 4. The van der Waals surface area contributed by atoms with Gasteiger partial charge in [0.2, 0.25) is 15.9 Å². The van der Waals surface area contributed by atoms with Crippen LogP contribution in [0.4, 0.5) is 0 Å². The van der Waals surface area contributed by atoms with Gasteiger partial charge < -0.3 is 4.90 Å². The van der Waals surface area contributed by atoms with E-state index >= 15 is 0 Å². The number of sulfonamides is 1. The van der Waals surface area contributed by atoms with Crippen LogP contribution in [0.5, 0.6) is 0 Å². The van der Waals surface area contributed by atoms with Crippen molar-refractivity contribution in [2.75, 3.05) is 26.2 Å². The number of rotatable bonds is 4. The molecule has 0 aliphatic carbocycles. The summed E-state index contributed by atoms with van der Waals surface area (Å²) in [5.74, 6) is -0.240. The van der Waals surface area contributed by atoms with E-state index in [4.69, 9.17) is 23.2 Å². The Labute approximate surface area is 179 Å². The van der Waals surface area contributed by atoms with Crippen molar-refractivity contribution >= 4 is 45.2 Å². The molecule has 1 amide bonds. The Balaban J connectivity index is 1.67. The molecule has 1 fully saturated rings. The van der Waals surface area contributed by atoms with E-state index in [9.17, 15) is 18.5 Å². The van der Waals surface area contributed by atoms with Crippen LogP contribution in [-0.4, -0.2) is 49.7 Å². The molecule has 2 aromatic rings. The highest BCUT2D eigenvalue weighted by molar-refractivity contribution is 7.89. The molecule has 0 aromatic heterocycles. The average Bonchev–Trinajstić information content (AvgIpc) is 2.74. The maximum absolute atomic E-state index is 12.9. The highest BCUT2D eigenvalue weighted by atomic mass is 35.5. The van der Waals surface area contributed by atoms with Gasteiger partial charge in [0.25, 0.3) is 0 Å². The molecule has 0 saturated carbocycles. The van der Waals surface area contributed by atoms with Crippen molar-refractivity contribution in [3.8, 4) is 6.07 Å². The second-order valence-corrected chi connectivity index (χ2v) is 9.01. The van der Waals surface area contributed by atoms with Crippen LogP contribution in [0.15, 0.2) is 53.4 Å². The van der Waals surface area contributed by atoms with Crippen LogP contribution in [0, 0.1) is 11.3 Å². The number of nitriles is 1. The van der Waals surface area contributed by atoms with Crippen molar-refractivity contribution in [1.29, 1.82) is 5.26 Å². The molecule has 0 spiro atoms. The molecule has 1 aliphatic heterocycles. The Morgan fingerprint density at radius 3 is 2.41 bits per heavy atom. The van der Waals surface area contributed by atoms with Gasteiger partial charge in [-0.3, -0.25) is 4.79 Å². The molecule has 6 nitrogen and oxygen atoms in total. The Kier molecular flexibility index (Phi) is 6.60. The molecular formula is C20H17Cl2N3O3S. The SMILES string of the molecule is N#Cc1ccccc1S(=O)(=O)N1CCN(C(=O)C=Cc2cccc(Cl)c2Cl)CC1. The topological polar surface area (TPSA) is 81.5 Å². The van der Waals surface area contributed by atoms with E-state index in [0.717, 1.165) is 0 Å². The van der Waals surface area contributed by atoms with Gasteiger partial charge in [-0.15, -0.1) is 0 Å². The zero-order chi connectivity index (χ0) is 21.0. The first-order valence-corrected chi connectivity index (χ1v) is 10.9.